The van der Waals surface area contributed by atoms with Gasteiger partial charge in [0, 0.05) is 36.6 Å². The summed E-state index contributed by atoms with van der Waals surface area (Å²) in [4.78, 5) is 15.0. The number of phenolic OH excluding ortho intramolecular Hbond substituents is 2. The maximum Gasteiger partial charge on any atom is 0.331 e. The van der Waals surface area contributed by atoms with Crippen LogP contribution in [0.15, 0.2) is 36.4 Å². The molecule has 31 heavy (non-hydrogen) atoms. The van der Waals surface area contributed by atoms with Crippen molar-refractivity contribution in [2.24, 2.45) is 0 Å². The highest BCUT2D eigenvalue weighted by molar-refractivity contribution is 5.88. The molecule has 0 unspecified atom stereocenters. The highest BCUT2D eigenvalue weighted by Gasteiger charge is 2.40. The van der Waals surface area contributed by atoms with E-state index in [1.54, 1.807) is 30.3 Å². The predicted octanol–water partition coefficient (Wildman–Crippen LogP) is 4.40. The first kappa shape index (κ1) is 19.9. The van der Waals surface area contributed by atoms with E-state index in [2.05, 4.69) is 4.90 Å². The van der Waals surface area contributed by atoms with Crippen LogP contribution in [0.4, 0.5) is 0 Å². The topological polar surface area (TPSA) is 79.2 Å². The largest absolute Gasteiger partial charge is 0.507 e. The summed E-state index contributed by atoms with van der Waals surface area (Å²) < 4.78 is 11.2. The van der Waals surface area contributed by atoms with E-state index in [-0.39, 0.29) is 29.6 Å². The maximum absolute atomic E-state index is 12.5. The molecule has 0 saturated carbocycles. The first-order valence-electron chi connectivity index (χ1n) is 10.9. The molecule has 6 nitrogen and oxygen atoms in total. The summed E-state index contributed by atoms with van der Waals surface area (Å²) in [7, 11) is 1.52. The molecule has 6 heteroatoms. The van der Waals surface area contributed by atoms with Crippen molar-refractivity contribution in [1.29, 1.82) is 0 Å². The molecule has 3 aliphatic heterocycles. The molecule has 3 aliphatic rings. The number of esters is 1. The minimum absolute atomic E-state index is 0.0323. The SMILES string of the molecule is COc1cc2c(cc1O)[C@@H]1C[C@H](C[C@H]3CCCCN31)OC(=O)/C=C\c1ccc(O)c-2c1. The van der Waals surface area contributed by atoms with Crippen LogP contribution in [-0.4, -0.2) is 46.9 Å². The summed E-state index contributed by atoms with van der Waals surface area (Å²) in [5.41, 5.74) is 3.18. The van der Waals surface area contributed by atoms with Gasteiger partial charge in [0.15, 0.2) is 11.5 Å². The molecule has 162 valence electrons. The Bertz CT molecular complexity index is 1050. The van der Waals surface area contributed by atoms with Crippen molar-refractivity contribution in [3.8, 4) is 28.4 Å². The van der Waals surface area contributed by atoms with Gasteiger partial charge in [-0.2, -0.15) is 0 Å². The molecule has 3 atom stereocenters. The van der Waals surface area contributed by atoms with Gasteiger partial charge in [0.05, 0.1) is 7.11 Å². The lowest BCUT2D eigenvalue weighted by Gasteiger charge is -2.48. The van der Waals surface area contributed by atoms with Crippen molar-refractivity contribution in [3.05, 3.63) is 47.5 Å². The Morgan fingerprint density at radius 1 is 1.03 bits per heavy atom. The summed E-state index contributed by atoms with van der Waals surface area (Å²) in [5, 5.41) is 21.4. The van der Waals surface area contributed by atoms with Gasteiger partial charge in [0.25, 0.3) is 0 Å². The number of hydrogen-bond donors (Lipinski definition) is 2. The third-order valence-electron chi connectivity index (χ3n) is 6.81. The van der Waals surface area contributed by atoms with Crippen molar-refractivity contribution >= 4 is 12.0 Å². The average molecular weight is 421 g/mol. The Morgan fingerprint density at radius 3 is 2.74 bits per heavy atom. The van der Waals surface area contributed by atoms with Crippen molar-refractivity contribution < 1.29 is 24.5 Å². The van der Waals surface area contributed by atoms with Crippen LogP contribution >= 0.6 is 0 Å². The number of phenols is 2. The van der Waals surface area contributed by atoms with Crippen molar-refractivity contribution in [3.63, 3.8) is 0 Å². The lowest BCUT2D eigenvalue weighted by Crippen LogP contribution is -2.49. The summed E-state index contributed by atoms with van der Waals surface area (Å²) in [6.45, 7) is 0.966. The molecule has 4 bridgehead atoms. The molecular weight excluding hydrogens is 394 g/mol. The highest BCUT2D eigenvalue weighted by Crippen LogP contribution is 2.47. The quantitative estimate of drug-likeness (QED) is 0.665. The van der Waals surface area contributed by atoms with Crippen molar-refractivity contribution in [2.45, 2.75) is 50.3 Å². The van der Waals surface area contributed by atoms with Gasteiger partial charge in [-0.25, -0.2) is 4.79 Å². The molecule has 5 rings (SSSR count). The maximum atomic E-state index is 12.5. The van der Waals surface area contributed by atoms with Crippen LogP contribution in [-0.2, 0) is 9.53 Å². The van der Waals surface area contributed by atoms with E-state index < -0.39 is 0 Å². The molecule has 2 N–H and O–H groups in total. The standard InChI is InChI=1S/C25H27NO5/c1-30-24-14-18-19(13-23(24)28)21-12-17(11-16-4-2-3-9-26(16)21)31-25(29)8-6-15-5-7-22(27)20(18)10-15/h5-8,10,13-14,16-17,21,27-28H,2-4,9,11-12H2,1H3/b8-6-/t16-,17+,21+/m1/s1. The van der Waals surface area contributed by atoms with E-state index in [1.165, 1.54) is 13.2 Å². The van der Waals surface area contributed by atoms with Gasteiger partial charge >= 0.3 is 5.97 Å². The van der Waals surface area contributed by atoms with Crippen molar-refractivity contribution in [2.75, 3.05) is 13.7 Å². The molecule has 0 aromatic heterocycles. The van der Waals surface area contributed by atoms with Gasteiger partial charge in [0.1, 0.15) is 11.9 Å². The molecule has 2 aromatic carbocycles. The average Bonchev–Trinajstić information content (AvgIpc) is 2.77. The number of carbonyl (C=O) groups is 1. The van der Waals surface area contributed by atoms with Crippen LogP contribution in [0.5, 0.6) is 17.2 Å². The van der Waals surface area contributed by atoms with E-state index in [0.29, 0.717) is 23.8 Å². The summed E-state index contributed by atoms with van der Waals surface area (Å²) in [6, 6.07) is 9.08. The number of hydrogen-bond acceptors (Lipinski definition) is 6. The highest BCUT2D eigenvalue weighted by atomic mass is 16.5. The van der Waals surface area contributed by atoms with Crippen LogP contribution in [0, 0.1) is 0 Å². The molecule has 0 radical (unpaired) electrons. The second-order valence-corrected chi connectivity index (χ2v) is 8.65. The number of methoxy groups -OCH3 is 1. The number of rotatable bonds is 1. The number of nitrogens with zero attached hydrogens (tertiary/aromatic N) is 1. The molecule has 2 saturated heterocycles. The first-order valence-corrected chi connectivity index (χ1v) is 10.9. The molecular formula is C25H27NO5. The second kappa shape index (κ2) is 7.93. The zero-order chi connectivity index (χ0) is 21.5. The zero-order valence-corrected chi connectivity index (χ0v) is 17.6. The predicted molar refractivity (Wildman–Crippen MR) is 117 cm³/mol. The fraction of sp³-hybridized carbons (Fsp3) is 0.400. The normalized spacial score (nSPS) is 26.5. The van der Waals surface area contributed by atoms with E-state index in [9.17, 15) is 15.0 Å². The van der Waals surface area contributed by atoms with Gasteiger partial charge in [-0.3, -0.25) is 4.90 Å². The third-order valence-corrected chi connectivity index (χ3v) is 6.81. The zero-order valence-electron chi connectivity index (χ0n) is 17.6. The minimum Gasteiger partial charge on any atom is -0.507 e. The van der Waals surface area contributed by atoms with Gasteiger partial charge in [-0.1, -0.05) is 12.5 Å². The molecule has 0 spiro atoms. The Balaban J connectivity index is 1.75. The van der Waals surface area contributed by atoms with E-state index in [1.807, 2.05) is 6.07 Å². The lowest BCUT2D eigenvalue weighted by atomic mass is 9.81. The van der Waals surface area contributed by atoms with E-state index in [4.69, 9.17) is 9.47 Å². The Kier molecular flexibility index (Phi) is 5.10. The van der Waals surface area contributed by atoms with Gasteiger partial charge in [-0.15, -0.1) is 0 Å². The number of ether oxygens (including phenoxy) is 2. The van der Waals surface area contributed by atoms with Crippen molar-refractivity contribution in [1.82, 2.24) is 4.90 Å². The van der Waals surface area contributed by atoms with Crippen LogP contribution in [0.3, 0.4) is 0 Å². The third kappa shape index (κ3) is 3.65. The molecule has 0 amide bonds. The molecule has 2 fully saturated rings. The number of aromatic hydroxyl groups is 2. The summed E-state index contributed by atoms with van der Waals surface area (Å²) >= 11 is 0. The Labute approximate surface area is 181 Å². The van der Waals surface area contributed by atoms with Crippen LogP contribution < -0.4 is 4.74 Å². The smallest absolute Gasteiger partial charge is 0.331 e. The van der Waals surface area contributed by atoms with Crippen LogP contribution in [0.25, 0.3) is 17.2 Å². The second-order valence-electron chi connectivity index (χ2n) is 8.65. The number of benzene rings is 2. The Morgan fingerprint density at radius 2 is 1.90 bits per heavy atom. The fourth-order valence-corrected chi connectivity index (χ4v) is 5.37. The summed E-state index contributed by atoms with van der Waals surface area (Å²) in [6.07, 6.45) is 7.80. The van der Waals surface area contributed by atoms with Gasteiger partial charge < -0.3 is 19.7 Å². The molecule has 0 aliphatic carbocycles. The lowest BCUT2D eigenvalue weighted by molar-refractivity contribution is -0.148. The first-order chi connectivity index (χ1) is 15.0. The van der Waals surface area contributed by atoms with E-state index in [0.717, 1.165) is 48.9 Å². The minimum atomic E-state index is -0.346. The number of fused-ring (bicyclic) bond motifs is 9. The number of carbonyl (C=O) groups excluding carboxylic acids is 1. The van der Waals surface area contributed by atoms with Gasteiger partial charge in [-0.05, 0) is 66.4 Å². The van der Waals surface area contributed by atoms with E-state index >= 15 is 0 Å². The van der Waals surface area contributed by atoms with Crippen LogP contribution in [0.2, 0.25) is 0 Å². The molecule has 2 aromatic rings. The molecule has 3 heterocycles. The summed E-state index contributed by atoms with van der Waals surface area (Å²) in [5.74, 6) is 0.228. The number of piperidine rings is 2. The van der Waals surface area contributed by atoms with Crippen LogP contribution in [0.1, 0.15) is 49.3 Å². The monoisotopic (exact) mass is 421 g/mol. The fourth-order valence-electron chi connectivity index (χ4n) is 5.37. The van der Waals surface area contributed by atoms with Gasteiger partial charge in [0.2, 0.25) is 0 Å². The Hall–Kier alpha value is -2.99.